The van der Waals surface area contributed by atoms with E-state index >= 15 is 0 Å². The summed E-state index contributed by atoms with van der Waals surface area (Å²) in [5.41, 5.74) is 1.13. The monoisotopic (exact) mass is 346 g/mol. The number of halogens is 1. The SMILES string of the molecule is CCOC(=O)CC(C)Oc1ccc(C(=O)c2ccc(Cl)cc2)cc1. The molecular weight excluding hydrogens is 328 g/mol. The predicted octanol–water partition coefficient (Wildman–Crippen LogP) is 4.29. The van der Waals surface area contributed by atoms with Gasteiger partial charge in [0.05, 0.1) is 13.0 Å². The zero-order valence-electron chi connectivity index (χ0n) is 13.6. The molecule has 0 radical (unpaired) electrons. The van der Waals surface area contributed by atoms with Gasteiger partial charge < -0.3 is 9.47 Å². The Morgan fingerprint density at radius 2 is 1.54 bits per heavy atom. The molecule has 0 fully saturated rings. The number of esters is 1. The first kappa shape index (κ1) is 18.0. The fourth-order valence-electron chi connectivity index (χ4n) is 2.18. The first-order valence-electron chi connectivity index (χ1n) is 7.72. The highest BCUT2D eigenvalue weighted by molar-refractivity contribution is 6.30. The Morgan fingerprint density at radius 3 is 2.08 bits per heavy atom. The average molecular weight is 347 g/mol. The van der Waals surface area contributed by atoms with Crippen LogP contribution in [0.4, 0.5) is 0 Å². The summed E-state index contributed by atoms with van der Waals surface area (Å²) in [6, 6.07) is 13.6. The molecule has 0 aromatic heterocycles. The van der Waals surface area contributed by atoms with E-state index in [0.717, 1.165) is 0 Å². The Balaban J connectivity index is 1.98. The van der Waals surface area contributed by atoms with Gasteiger partial charge in [-0.25, -0.2) is 0 Å². The van der Waals surface area contributed by atoms with Crippen LogP contribution < -0.4 is 4.74 Å². The quantitative estimate of drug-likeness (QED) is 0.554. The van der Waals surface area contributed by atoms with E-state index in [1.54, 1.807) is 62.4 Å². The highest BCUT2D eigenvalue weighted by Crippen LogP contribution is 2.18. The molecule has 0 saturated carbocycles. The van der Waals surface area contributed by atoms with Crippen LogP contribution in [0, 0.1) is 0 Å². The number of rotatable bonds is 7. The Labute approximate surface area is 146 Å². The molecule has 1 unspecified atom stereocenters. The minimum absolute atomic E-state index is 0.0854. The molecule has 2 aromatic rings. The van der Waals surface area contributed by atoms with Gasteiger partial charge in [0.1, 0.15) is 11.9 Å². The van der Waals surface area contributed by atoms with Crippen LogP contribution in [0.2, 0.25) is 5.02 Å². The average Bonchev–Trinajstić information content (AvgIpc) is 2.55. The van der Waals surface area contributed by atoms with Gasteiger partial charge in [0.2, 0.25) is 0 Å². The number of carbonyl (C=O) groups is 2. The third-order valence-corrected chi connectivity index (χ3v) is 3.57. The van der Waals surface area contributed by atoms with Gasteiger partial charge in [0.25, 0.3) is 0 Å². The van der Waals surface area contributed by atoms with Crippen LogP contribution in [-0.2, 0) is 9.53 Å². The summed E-state index contributed by atoms with van der Waals surface area (Å²) < 4.78 is 10.5. The lowest BCUT2D eigenvalue weighted by molar-refractivity contribution is -0.144. The van der Waals surface area contributed by atoms with Crippen LogP contribution in [0.1, 0.15) is 36.2 Å². The highest BCUT2D eigenvalue weighted by Gasteiger charge is 2.13. The van der Waals surface area contributed by atoms with Crippen molar-refractivity contribution >= 4 is 23.4 Å². The Morgan fingerprint density at radius 1 is 1.00 bits per heavy atom. The molecule has 4 nitrogen and oxygen atoms in total. The van der Waals surface area contributed by atoms with Gasteiger partial charge in [0, 0.05) is 16.1 Å². The second-order valence-electron chi connectivity index (χ2n) is 5.30. The molecule has 0 bridgehead atoms. The summed E-state index contributed by atoms with van der Waals surface area (Å²) >= 11 is 5.83. The smallest absolute Gasteiger partial charge is 0.309 e. The van der Waals surface area contributed by atoms with Crippen molar-refractivity contribution in [2.24, 2.45) is 0 Å². The van der Waals surface area contributed by atoms with Crippen molar-refractivity contribution in [3.05, 3.63) is 64.7 Å². The Bertz CT molecular complexity index is 692. The molecule has 0 aliphatic carbocycles. The van der Waals surface area contributed by atoms with Crippen molar-refractivity contribution < 1.29 is 19.1 Å². The van der Waals surface area contributed by atoms with Crippen LogP contribution in [0.5, 0.6) is 5.75 Å². The van der Waals surface area contributed by atoms with E-state index < -0.39 is 0 Å². The Kier molecular flexibility index (Phi) is 6.38. The lowest BCUT2D eigenvalue weighted by Crippen LogP contribution is -2.18. The van der Waals surface area contributed by atoms with E-state index in [1.807, 2.05) is 0 Å². The summed E-state index contributed by atoms with van der Waals surface area (Å²) in [5, 5.41) is 0.589. The molecule has 0 amide bonds. The van der Waals surface area contributed by atoms with Gasteiger partial charge in [-0.2, -0.15) is 0 Å². The molecule has 0 aliphatic heterocycles. The molecular formula is C19H19ClO4. The molecule has 0 aliphatic rings. The summed E-state index contributed by atoms with van der Waals surface area (Å²) in [4.78, 5) is 23.8. The zero-order valence-corrected chi connectivity index (χ0v) is 14.4. The molecule has 126 valence electrons. The van der Waals surface area contributed by atoms with Crippen molar-refractivity contribution in [2.75, 3.05) is 6.61 Å². The third kappa shape index (κ3) is 5.10. The van der Waals surface area contributed by atoms with Gasteiger partial charge in [0.15, 0.2) is 5.78 Å². The lowest BCUT2D eigenvalue weighted by atomic mass is 10.0. The van der Waals surface area contributed by atoms with Crippen molar-refractivity contribution in [3.63, 3.8) is 0 Å². The van der Waals surface area contributed by atoms with Crippen LogP contribution in [0.3, 0.4) is 0 Å². The van der Waals surface area contributed by atoms with E-state index in [1.165, 1.54) is 0 Å². The third-order valence-electron chi connectivity index (χ3n) is 3.32. The minimum Gasteiger partial charge on any atom is -0.490 e. The summed E-state index contributed by atoms with van der Waals surface area (Å²) in [6.07, 6.45) is -0.124. The van der Waals surface area contributed by atoms with Gasteiger partial charge in [-0.05, 0) is 62.4 Å². The van der Waals surface area contributed by atoms with Crippen molar-refractivity contribution in [1.82, 2.24) is 0 Å². The topological polar surface area (TPSA) is 52.6 Å². The maximum absolute atomic E-state index is 12.4. The second-order valence-corrected chi connectivity index (χ2v) is 5.73. The predicted molar refractivity (Wildman–Crippen MR) is 92.7 cm³/mol. The van der Waals surface area contributed by atoms with Crippen LogP contribution in [0.25, 0.3) is 0 Å². The summed E-state index contributed by atoms with van der Waals surface area (Å²) in [6.45, 7) is 3.91. The maximum atomic E-state index is 12.4. The maximum Gasteiger partial charge on any atom is 0.309 e. The molecule has 5 heteroatoms. The number of hydrogen-bond donors (Lipinski definition) is 0. The van der Waals surface area contributed by atoms with Gasteiger partial charge in [-0.15, -0.1) is 0 Å². The van der Waals surface area contributed by atoms with E-state index in [4.69, 9.17) is 21.1 Å². The zero-order chi connectivity index (χ0) is 17.5. The number of ether oxygens (including phenoxy) is 2. The standard InChI is InChI=1S/C19H19ClO4/c1-3-23-18(21)12-13(2)24-17-10-6-15(7-11-17)19(22)14-4-8-16(20)9-5-14/h4-11,13H,3,12H2,1-2H3. The fourth-order valence-corrected chi connectivity index (χ4v) is 2.31. The van der Waals surface area contributed by atoms with Crippen molar-refractivity contribution in [1.29, 1.82) is 0 Å². The molecule has 0 spiro atoms. The largest absolute Gasteiger partial charge is 0.490 e. The Hall–Kier alpha value is -2.33. The molecule has 24 heavy (non-hydrogen) atoms. The molecule has 0 heterocycles. The number of ketones is 1. The summed E-state index contributed by atoms with van der Waals surface area (Å²) in [7, 11) is 0. The van der Waals surface area contributed by atoms with Gasteiger partial charge >= 0.3 is 5.97 Å². The van der Waals surface area contributed by atoms with Crippen molar-refractivity contribution in [2.45, 2.75) is 26.4 Å². The summed E-state index contributed by atoms with van der Waals surface area (Å²) in [5.74, 6) is 0.219. The fraction of sp³-hybridized carbons (Fsp3) is 0.263. The molecule has 0 saturated heterocycles. The normalized spacial score (nSPS) is 11.6. The number of carbonyl (C=O) groups excluding carboxylic acids is 2. The van der Waals surface area contributed by atoms with Crippen LogP contribution >= 0.6 is 11.6 Å². The van der Waals surface area contributed by atoms with Crippen LogP contribution in [0.15, 0.2) is 48.5 Å². The van der Waals surface area contributed by atoms with E-state index in [9.17, 15) is 9.59 Å². The molecule has 0 N–H and O–H groups in total. The lowest BCUT2D eigenvalue weighted by Gasteiger charge is -2.14. The molecule has 2 rings (SSSR count). The second kappa shape index (κ2) is 8.50. The number of benzene rings is 2. The van der Waals surface area contributed by atoms with E-state index in [2.05, 4.69) is 0 Å². The highest BCUT2D eigenvalue weighted by atomic mass is 35.5. The minimum atomic E-state index is -0.304. The van der Waals surface area contributed by atoms with Gasteiger partial charge in [-0.3, -0.25) is 9.59 Å². The van der Waals surface area contributed by atoms with Crippen molar-refractivity contribution in [3.8, 4) is 5.75 Å². The molecule has 2 aromatic carbocycles. The molecule has 1 atom stereocenters. The van der Waals surface area contributed by atoms with Gasteiger partial charge in [-0.1, -0.05) is 11.6 Å². The van der Waals surface area contributed by atoms with E-state index in [-0.39, 0.29) is 24.3 Å². The number of hydrogen-bond acceptors (Lipinski definition) is 4. The first-order valence-corrected chi connectivity index (χ1v) is 8.10. The van der Waals surface area contributed by atoms with E-state index in [0.29, 0.717) is 28.5 Å². The van der Waals surface area contributed by atoms with Crippen LogP contribution in [-0.4, -0.2) is 24.5 Å². The first-order chi connectivity index (χ1) is 11.5.